The van der Waals surface area contributed by atoms with Crippen LogP contribution in [0.1, 0.15) is 33.1 Å². The van der Waals surface area contributed by atoms with Crippen molar-refractivity contribution < 1.29 is 19.0 Å². The van der Waals surface area contributed by atoms with Crippen molar-refractivity contribution in [1.82, 2.24) is 0 Å². The minimum absolute atomic E-state index is 0.347. The van der Waals surface area contributed by atoms with E-state index in [1.165, 1.54) is 7.11 Å². The van der Waals surface area contributed by atoms with Crippen molar-refractivity contribution in [3.63, 3.8) is 0 Å². The molecule has 4 heteroatoms. The fourth-order valence-corrected chi connectivity index (χ4v) is 1.72. The van der Waals surface area contributed by atoms with Gasteiger partial charge in [0, 0.05) is 0 Å². The lowest BCUT2D eigenvalue weighted by atomic mass is 10.1. The predicted molar refractivity (Wildman–Crippen MR) is 73.6 cm³/mol. The van der Waals surface area contributed by atoms with E-state index in [-0.39, 0.29) is 5.97 Å². The lowest BCUT2D eigenvalue weighted by Gasteiger charge is -2.18. The van der Waals surface area contributed by atoms with Crippen LogP contribution in [0.25, 0.3) is 0 Å². The third-order valence-electron chi connectivity index (χ3n) is 2.70. The van der Waals surface area contributed by atoms with Gasteiger partial charge < -0.3 is 14.2 Å². The molecule has 106 valence electrons. The highest BCUT2D eigenvalue weighted by atomic mass is 16.6. The summed E-state index contributed by atoms with van der Waals surface area (Å²) in [5, 5.41) is 0. The molecule has 4 nitrogen and oxygen atoms in total. The minimum Gasteiger partial charge on any atom is -0.490 e. The molecule has 1 unspecified atom stereocenters. The number of ether oxygens (including phenoxy) is 3. The molecule has 0 N–H and O–H groups in total. The highest BCUT2D eigenvalue weighted by Crippen LogP contribution is 2.28. The first-order valence-electron chi connectivity index (χ1n) is 6.69. The van der Waals surface area contributed by atoms with E-state index in [1.807, 2.05) is 25.1 Å². The Kier molecular flexibility index (Phi) is 6.79. The summed E-state index contributed by atoms with van der Waals surface area (Å²) in [6.07, 6.45) is 1.98. The van der Waals surface area contributed by atoms with Crippen molar-refractivity contribution >= 4 is 5.97 Å². The number of hydrogen-bond acceptors (Lipinski definition) is 4. The lowest BCUT2D eigenvalue weighted by Crippen LogP contribution is -2.28. The average Bonchev–Trinajstić information content (AvgIpc) is 2.44. The molecule has 1 atom stereocenters. The Morgan fingerprint density at radius 1 is 1.21 bits per heavy atom. The zero-order valence-electron chi connectivity index (χ0n) is 11.8. The molecule has 0 spiro atoms. The number of hydrogen-bond donors (Lipinski definition) is 0. The van der Waals surface area contributed by atoms with Gasteiger partial charge in [0.05, 0.1) is 13.7 Å². The fourth-order valence-electron chi connectivity index (χ4n) is 1.72. The maximum Gasteiger partial charge on any atom is 0.347 e. The first-order valence-corrected chi connectivity index (χ1v) is 6.69. The second-order valence-electron chi connectivity index (χ2n) is 4.15. The molecule has 1 rings (SSSR count). The van der Waals surface area contributed by atoms with E-state index < -0.39 is 6.10 Å². The van der Waals surface area contributed by atoms with Gasteiger partial charge in [0.1, 0.15) is 0 Å². The molecule has 0 saturated carbocycles. The minimum atomic E-state index is -0.577. The number of benzene rings is 1. The Labute approximate surface area is 114 Å². The number of carbonyl (C=O) groups is 1. The van der Waals surface area contributed by atoms with E-state index in [9.17, 15) is 4.79 Å². The first kappa shape index (κ1) is 15.3. The van der Waals surface area contributed by atoms with Crippen molar-refractivity contribution in [2.45, 2.75) is 39.2 Å². The third-order valence-corrected chi connectivity index (χ3v) is 2.70. The Bertz CT molecular complexity index is 389. The van der Waals surface area contributed by atoms with Crippen LogP contribution in [0.4, 0.5) is 0 Å². The van der Waals surface area contributed by atoms with E-state index in [2.05, 4.69) is 6.92 Å². The number of methoxy groups -OCH3 is 1. The van der Waals surface area contributed by atoms with Gasteiger partial charge in [-0.3, -0.25) is 0 Å². The maximum absolute atomic E-state index is 11.7. The standard InChI is InChI=1S/C15H22O4/c1-4-6-9-14(15(16)17-3)19-13-11-8-7-10-12(13)18-5-2/h7-8,10-11,14H,4-6,9H2,1-3H3. The van der Waals surface area contributed by atoms with Crippen LogP contribution < -0.4 is 9.47 Å². The first-order chi connectivity index (χ1) is 9.22. The lowest BCUT2D eigenvalue weighted by molar-refractivity contribution is -0.149. The quantitative estimate of drug-likeness (QED) is 0.678. The molecule has 0 aliphatic heterocycles. The molecule has 1 aromatic carbocycles. The van der Waals surface area contributed by atoms with E-state index in [1.54, 1.807) is 6.07 Å². The molecule has 0 heterocycles. The van der Waals surface area contributed by atoms with Crippen LogP contribution in [-0.4, -0.2) is 25.8 Å². The fraction of sp³-hybridized carbons (Fsp3) is 0.533. The molecule has 0 aliphatic rings. The summed E-state index contributed by atoms with van der Waals surface area (Å²) in [5.74, 6) is 0.881. The van der Waals surface area contributed by atoms with Gasteiger partial charge in [0.2, 0.25) is 0 Å². The predicted octanol–water partition coefficient (Wildman–Crippen LogP) is 3.20. The van der Waals surface area contributed by atoms with Gasteiger partial charge in [-0.2, -0.15) is 0 Å². The third kappa shape index (κ3) is 4.81. The molecule has 19 heavy (non-hydrogen) atoms. The van der Waals surface area contributed by atoms with Gasteiger partial charge in [0.25, 0.3) is 0 Å². The SMILES string of the molecule is CCCCC(Oc1ccccc1OCC)C(=O)OC. The molecular weight excluding hydrogens is 244 g/mol. The summed E-state index contributed by atoms with van der Waals surface area (Å²) >= 11 is 0. The number of para-hydroxylation sites is 2. The molecule has 0 bridgehead atoms. The smallest absolute Gasteiger partial charge is 0.347 e. The topological polar surface area (TPSA) is 44.8 Å². The van der Waals surface area contributed by atoms with Crippen molar-refractivity contribution in [2.24, 2.45) is 0 Å². The van der Waals surface area contributed by atoms with Crippen LogP contribution in [0.15, 0.2) is 24.3 Å². The van der Waals surface area contributed by atoms with Gasteiger partial charge >= 0.3 is 5.97 Å². The second-order valence-corrected chi connectivity index (χ2v) is 4.15. The van der Waals surface area contributed by atoms with Crippen molar-refractivity contribution in [2.75, 3.05) is 13.7 Å². The normalized spacial score (nSPS) is 11.7. The molecule has 0 aliphatic carbocycles. The monoisotopic (exact) mass is 266 g/mol. The average molecular weight is 266 g/mol. The van der Waals surface area contributed by atoms with Gasteiger partial charge in [-0.25, -0.2) is 4.79 Å². The summed E-state index contributed by atoms with van der Waals surface area (Å²) in [7, 11) is 1.37. The van der Waals surface area contributed by atoms with Crippen LogP contribution in [0, 0.1) is 0 Å². The highest BCUT2D eigenvalue weighted by Gasteiger charge is 2.21. The maximum atomic E-state index is 11.7. The molecule has 0 amide bonds. The zero-order valence-corrected chi connectivity index (χ0v) is 11.8. The van der Waals surface area contributed by atoms with Crippen molar-refractivity contribution in [3.8, 4) is 11.5 Å². The summed E-state index contributed by atoms with van der Waals surface area (Å²) < 4.78 is 16.0. The largest absolute Gasteiger partial charge is 0.490 e. The van der Waals surface area contributed by atoms with E-state index >= 15 is 0 Å². The van der Waals surface area contributed by atoms with Gasteiger partial charge in [-0.15, -0.1) is 0 Å². The van der Waals surface area contributed by atoms with Crippen LogP contribution in [-0.2, 0) is 9.53 Å². The Hall–Kier alpha value is -1.71. The van der Waals surface area contributed by atoms with Crippen LogP contribution >= 0.6 is 0 Å². The molecule has 0 fully saturated rings. The van der Waals surface area contributed by atoms with Gasteiger partial charge in [0.15, 0.2) is 17.6 Å². The second kappa shape index (κ2) is 8.40. The molecule has 0 aromatic heterocycles. The van der Waals surface area contributed by atoms with Gasteiger partial charge in [-0.05, 0) is 31.9 Å². The summed E-state index contributed by atoms with van der Waals surface area (Å²) in [5.41, 5.74) is 0. The van der Waals surface area contributed by atoms with E-state index in [0.29, 0.717) is 24.5 Å². The Morgan fingerprint density at radius 3 is 2.47 bits per heavy atom. The zero-order chi connectivity index (χ0) is 14.1. The Balaban J connectivity index is 2.79. The highest BCUT2D eigenvalue weighted by molar-refractivity contribution is 5.75. The van der Waals surface area contributed by atoms with E-state index in [0.717, 1.165) is 12.8 Å². The van der Waals surface area contributed by atoms with Gasteiger partial charge in [-0.1, -0.05) is 25.5 Å². The van der Waals surface area contributed by atoms with Crippen LogP contribution in [0.3, 0.4) is 0 Å². The Morgan fingerprint density at radius 2 is 1.89 bits per heavy atom. The van der Waals surface area contributed by atoms with Crippen molar-refractivity contribution in [1.29, 1.82) is 0 Å². The summed E-state index contributed by atoms with van der Waals surface area (Å²) in [6.45, 7) is 4.53. The van der Waals surface area contributed by atoms with Crippen molar-refractivity contribution in [3.05, 3.63) is 24.3 Å². The number of unbranched alkanes of at least 4 members (excludes halogenated alkanes) is 1. The van der Waals surface area contributed by atoms with E-state index in [4.69, 9.17) is 14.2 Å². The summed E-state index contributed by atoms with van der Waals surface area (Å²) in [4.78, 5) is 11.7. The molecule has 0 radical (unpaired) electrons. The molecule has 1 aromatic rings. The summed E-state index contributed by atoms with van der Waals surface area (Å²) in [6, 6.07) is 7.35. The van der Waals surface area contributed by atoms with Crippen LogP contribution in [0.2, 0.25) is 0 Å². The molecule has 0 saturated heterocycles. The number of esters is 1. The van der Waals surface area contributed by atoms with Crippen LogP contribution in [0.5, 0.6) is 11.5 Å². The molecular formula is C15H22O4. The number of rotatable bonds is 8. The number of carbonyl (C=O) groups excluding carboxylic acids is 1.